The van der Waals surface area contributed by atoms with Gasteiger partial charge in [-0.15, -0.1) is 0 Å². The summed E-state index contributed by atoms with van der Waals surface area (Å²) in [7, 11) is 0. The molecule has 1 aromatic heterocycles. The number of rotatable bonds is 3. The molecule has 0 fully saturated rings. The van der Waals surface area contributed by atoms with Gasteiger partial charge in [0.25, 0.3) is 0 Å². The third kappa shape index (κ3) is 4.03. The zero-order valence-electron chi connectivity index (χ0n) is 15.9. The Hall–Kier alpha value is -3.29. The molecule has 0 radical (unpaired) electrons. The molecule has 1 aliphatic rings. The lowest BCUT2D eigenvalue weighted by atomic mass is 9.81. The van der Waals surface area contributed by atoms with Crippen molar-refractivity contribution in [3.8, 4) is 0 Å². The first-order valence-electron chi connectivity index (χ1n) is 9.31. The van der Waals surface area contributed by atoms with Gasteiger partial charge in [0.15, 0.2) is 5.78 Å². The van der Waals surface area contributed by atoms with Crippen LogP contribution in [0.1, 0.15) is 45.2 Å². The number of nitrogens with one attached hydrogen (secondary N) is 1. The second kappa shape index (κ2) is 7.51. The topological polar surface area (TPSA) is 54.9 Å². The van der Waals surface area contributed by atoms with Crippen molar-refractivity contribution in [3.05, 3.63) is 82.4 Å². The van der Waals surface area contributed by atoms with Crippen LogP contribution in [0.2, 0.25) is 0 Å². The standard InChI is InChI=1S/C22H17F4N3O/c1-12-20-18(9-14(10-19(20)30)13-5-7-16(23)8-6-13)29-21(27-12)28-17-4-2-3-15(11-17)22(24,25)26/h2-8,11,14H,9-10H2,1H3,(H,27,28,29)/t14-/m0/s1. The highest BCUT2D eigenvalue weighted by atomic mass is 19.4. The molecular formula is C22H17F4N3O. The summed E-state index contributed by atoms with van der Waals surface area (Å²) in [5.41, 5.74) is 1.69. The average Bonchev–Trinajstić information content (AvgIpc) is 2.67. The first-order valence-corrected chi connectivity index (χ1v) is 9.31. The summed E-state index contributed by atoms with van der Waals surface area (Å²) in [5, 5.41) is 2.80. The first kappa shape index (κ1) is 20.0. The number of hydrogen-bond donors (Lipinski definition) is 1. The number of ketones is 1. The molecule has 0 spiro atoms. The molecule has 0 aliphatic heterocycles. The zero-order chi connectivity index (χ0) is 21.5. The van der Waals surface area contributed by atoms with Crippen LogP contribution in [0.15, 0.2) is 48.5 Å². The van der Waals surface area contributed by atoms with Crippen LogP contribution in [0.4, 0.5) is 29.2 Å². The zero-order valence-corrected chi connectivity index (χ0v) is 15.9. The minimum Gasteiger partial charge on any atom is -0.324 e. The summed E-state index contributed by atoms with van der Waals surface area (Å²) in [6.45, 7) is 1.67. The Kier molecular flexibility index (Phi) is 5.01. The van der Waals surface area contributed by atoms with Crippen LogP contribution in [-0.4, -0.2) is 15.8 Å². The van der Waals surface area contributed by atoms with Crippen molar-refractivity contribution < 1.29 is 22.4 Å². The van der Waals surface area contributed by atoms with Gasteiger partial charge < -0.3 is 5.32 Å². The molecule has 0 bridgehead atoms. The minimum atomic E-state index is -4.46. The normalized spacial score (nSPS) is 16.3. The van der Waals surface area contributed by atoms with E-state index in [0.29, 0.717) is 23.4 Å². The molecule has 154 valence electrons. The summed E-state index contributed by atoms with van der Waals surface area (Å²) in [5.74, 6) is -0.486. The predicted molar refractivity (Wildman–Crippen MR) is 103 cm³/mol. The van der Waals surface area contributed by atoms with Crippen LogP contribution < -0.4 is 5.32 Å². The number of fused-ring (bicyclic) bond motifs is 1. The molecule has 1 aliphatic carbocycles. The monoisotopic (exact) mass is 415 g/mol. The Morgan fingerprint density at radius 1 is 1.03 bits per heavy atom. The SMILES string of the molecule is Cc1nc(Nc2cccc(C(F)(F)F)c2)nc2c1C(=O)C[C@@H](c1ccc(F)cc1)C2. The fourth-order valence-corrected chi connectivity index (χ4v) is 3.70. The number of carbonyl (C=O) groups is 1. The maximum absolute atomic E-state index is 13.2. The smallest absolute Gasteiger partial charge is 0.324 e. The molecule has 0 saturated heterocycles. The van der Waals surface area contributed by atoms with Crippen LogP contribution in [-0.2, 0) is 12.6 Å². The highest BCUT2D eigenvalue weighted by Gasteiger charge is 2.31. The molecule has 1 N–H and O–H groups in total. The maximum atomic E-state index is 13.2. The molecule has 0 amide bonds. The van der Waals surface area contributed by atoms with E-state index in [1.54, 1.807) is 19.1 Å². The van der Waals surface area contributed by atoms with Crippen LogP contribution in [0.3, 0.4) is 0 Å². The number of aromatic nitrogens is 2. The summed E-state index contributed by atoms with van der Waals surface area (Å²) < 4.78 is 52.1. The number of Topliss-reactive ketones (excluding diaryl/α,β-unsaturated/α-hetero) is 1. The molecule has 1 heterocycles. The van der Waals surface area contributed by atoms with Gasteiger partial charge in [-0.25, -0.2) is 14.4 Å². The molecule has 4 nitrogen and oxygen atoms in total. The van der Waals surface area contributed by atoms with Crippen molar-refractivity contribution in [2.24, 2.45) is 0 Å². The van der Waals surface area contributed by atoms with E-state index in [1.165, 1.54) is 24.3 Å². The van der Waals surface area contributed by atoms with E-state index in [0.717, 1.165) is 17.7 Å². The second-order valence-electron chi connectivity index (χ2n) is 7.24. The van der Waals surface area contributed by atoms with Gasteiger partial charge in [-0.1, -0.05) is 18.2 Å². The third-order valence-electron chi connectivity index (χ3n) is 5.10. The van der Waals surface area contributed by atoms with Gasteiger partial charge in [-0.05, 0) is 55.2 Å². The number of benzene rings is 2. The number of anilines is 2. The summed E-state index contributed by atoms with van der Waals surface area (Å²) in [6.07, 6.45) is -3.74. The largest absolute Gasteiger partial charge is 0.416 e. The Balaban J connectivity index is 1.64. The lowest BCUT2D eigenvalue weighted by Gasteiger charge is -2.24. The number of nitrogens with zero attached hydrogens (tertiary/aromatic N) is 2. The number of carbonyl (C=O) groups excluding carboxylic acids is 1. The van der Waals surface area contributed by atoms with Gasteiger partial charge >= 0.3 is 6.18 Å². The summed E-state index contributed by atoms with van der Waals surface area (Å²) >= 11 is 0. The fraction of sp³-hybridized carbons (Fsp3) is 0.227. The molecule has 30 heavy (non-hydrogen) atoms. The van der Waals surface area contributed by atoms with Crippen molar-refractivity contribution in [1.29, 1.82) is 0 Å². The predicted octanol–water partition coefficient (Wildman–Crippen LogP) is 5.60. The molecule has 4 rings (SSSR count). The van der Waals surface area contributed by atoms with Gasteiger partial charge in [0.2, 0.25) is 5.95 Å². The van der Waals surface area contributed by atoms with Crippen LogP contribution in [0.5, 0.6) is 0 Å². The van der Waals surface area contributed by atoms with E-state index < -0.39 is 11.7 Å². The highest BCUT2D eigenvalue weighted by molar-refractivity contribution is 5.99. The average molecular weight is 415 g/mol. The van der Waals surface area contributed by atoms with E-state index in [2.05, 4.69) is 15.3 Å². The Bertz CT molecular complexity index is 1110. The van der Waals surface area contributed by atoms with Gasteiger partial charge in [0, 0.05) is 12.1 Å². The lowest BCUT2D eigenvalue weighted by Crippen LogP contribution is -2.22. The molecular weight excluding hydrogens is 398 g/mol. The van der Waals surface area contributed by atoms with Crippen molar-refractivity contribution in [2.75, 3.05) is 5.32 Å². The molecule has 8 heteroatoms. The van der Waals surface area contributed by atoms with Crippen LogP contribution in [0, 0.1) is 12.7 Å². The van der Waals surface area contributed by atoms with Crippen LogP contribution >= 0.6 is 0 Å². The minimum absolute atomic E-state index is 0.103. The van der Waals surface area contributed by atoms with E-state index in [4.69, 9.17) is 0 Å². The molecule has 0 saturated carbocycles. The highest BCUT2D eigenvalue weighted by Crippen LogP contribution is 2.34. The number of aryl methyl sites for hydroxylation is 1. The van der Waals surface area contributed by atoms with E-state index >= 15 is 0 Å². The maximum Gasteiger partial charge on any atom is 0.416 e. The number of halogens is 4. The Morgan fingerprint density at radius 3 is 2.47 bits per heavy atom. The van der Waals surface area contributed by atoms with Gasteiger partial charge in [-0.2, -0.15) is 13.2 Å². The summed E-state index contributed by atoms with van der Waals surface area (Å²) in [4.78, 5) is 21.3. The van der Waals surface area contributed by atoms with E-state index in [1.807, 2.05) is 0 Å². The molecule has 1 atom stereocenters. The number of hydrogen-bond acceptors (Lipinski definition) is 4. The first-order chi connectivity index (χ1) is 14.2. The number of alkyl halides is 3. The Labute approximate surface area is 170 Å². The van der Waals surface area contributed by atoms with Gasteiger partial charge in [-0.3, -0.25) is 4.79 Å². The Morgan fingerprint density at radius 2 is 1.77 bits per heavy atom. The third-order valence-corrected chi connectivity index (χ3v) is 5.10. The van der Waals surface area contributed by atoms with Crippen molar-refractivity contribution in [3.63, 3.8) is 0 Å². The second-order valence-corrected chi connectivity index (χ2v) is 7.24. The fourth-order valence-electron chi connectivity index (χ4n) is 3.70. The van der Waals surface area contributed by atoms with Crippen molar-refractivity contribution in [1.82, 2.24) is 9.97 Å². The van der Waals surface area contributed by atoms with Crippen molar-refractivity contribution in [2.45, 2.75) is 31.9 Å². The van der Waals surface area contributed by atoms with Crippen LogP contribution in [0.25, 0.3) is 0 Å². The molecule has 2 aromatic carbocycles. The molecule has 3 aromatic rings. The lowest BCUT2D eigenvalue weighted by molar-refractivity contribution is -0.137. The van der Waals surface area contributed by atoms with Crippen molar-refractivity contribution >= 4 is 17.4 Å². The quantitative estimate of drug-likeness (QED) is 0.566. The molecule has 0 unspecified atom stereocenters. The summed E-state index contributed by atoms with van der Waals surface area (Å²) in [6, 6.07) is 10.7. The van der Waals surface area contributed by atoms with E-state index in [-0.39, 0.29) is 35.6 Å². The van der Waals surface area contributed by atoms with E-state index in [9.17, 15) is 22.4 Å². The van der Waals surface area contributed by atoms with Gasteiger partial charge in [0.05, 0.1) is 22.5 Å². The van der Waals surface area contributed by atoms with Gasteiger partial charge in [0.1, 0.15) is 5.82 Å².